The van der Waals surface area contributed by atoms with Crippen LogP contribution in [0.4, 0.5) is 0 Å². The van der Waals surface area contributed by atoms with Crippen LogP contribution in [-0.2, 0) is 16.6 Å². The molecule has 0 atom stereocenters. The first kappa shape index (κ1) is 14.5. The highest BCUT2D eigenvalue weighted by molar-refractivity contribution is 7.07. The van der Waals surface area contributed by atoms with Crippen LogP contribution in [0.15, 0.2) is 47.2 Å². The van der Waals surface area contributed by atoms with Gasteiger partial charge in [-0.3, -0.25) is 4.79 Å². The highest BCUT2D eigenvalue weighted by atomic mass is 32.1. The van der Waals surface area contributed by atoms with E-state index in [9.17, 15) is 4.79 Å². The lowest BCUT2D eigenvalue weighted by molar-refractivity contribution is -0.125. The van der Waals surface area contributed by atoms with Crippen molar-refractivity contribution in [1.82, 2.24) is 5.32 Å². The average Bonchev–Trinajstić information content (AvgIpc) is 3.07. The summed E-state index contributed by atoms with van der Waals surface area (Å²) in [6, 6.07) is 12.5. The van der Waals surface area contributed by atoms with E-state index < -0.39 is 0 Å². The van der Waals surface area contributed by atoms with Crippen LogP contribution < -0.4 is 5.32 Å². The van der Waals surface area contributed by atoms with Gasteiger partial charge >= 0.3 is 0 Å². The van der Waals surface area contributed by atoms with Crippen LogP contribution in [0.3, 0.4) is 0 Å². The average molecular weight is 299 g/mol. The Morgan fingerprint density at radius 1 is 1.14 bits per heavy atom. The molecule has 2 nitrogen and oxygen atoms in total. The highest BCUT2D eigenvalue weighted by Gasteiger charge is 2.40. The number of nitrogens with one attached hydrogen (secondary N) is 1. The summed E-state index contributed by atoms with van der Waals surface area (Å²) < 4.78 is 0. The van der Waals surface area contributed by atoms with Crippen molar-refractivity contribution in [2.24, 2.45) is 0 Å². The van der Waals surface area contributed by atoms with Crippen molar-refractivity contribution in [1.29, 1.82) is 0 Å². The van der Waals surface area contributed by atoms with Gasteiger partial charge in [-0.05, 0) is 60.3 Å². The third-order valence-electron chi connectivity index (χ3n) is 4.54. The number of carbonyl (C=O) groups is 1. The number of piperidine rings is 1. The van der Waals surface area contributed by atoms with Gasteiger partial charge in [-0.2, -0.15) is 11.3 Å². The molecule has 0 saturated carbocycles. The molecule has 1 fully saturated rings. The summed E-state index contributed by atoms with van der Waals surface area (Å²) in [6.07, 6.45) is 3.34. The fraction of sp³-hybridized carbons (Fsp3) is 0.389. The summed E-state index contributed by atoms with van der Waals surface area (Å²) in [5, 5.41) is 7.61. The van der Waals surface area contributed by atoms with Gasteiger partial charge in [0.25, 0.3) is 0 Å². The normalized spacial score (nSPS) is 17.5. The molecule has 0 amide bonds. The van der Waals surface area contributed by atoms with Crippen LogP contribution in [0, 0.1) is 0 Å². The standard InChI is InChI=1S/C18H21NOS/c20-17(7-6-15-8-13-21-14-15)18(9-11-19-12-10-18)16-4-2-1-3-5-16/h1-5,8,13-14,19H,6-7,9-12H2. The third-order valence-corrected chi connectivity index (χ3v) is 5.27. The van der Waals surface area contributed by atoms with Crippen LogP contribution in [0.5, 0.6) is 0 Å². The fourth-order valence-corrected chi connectivity index (χ4v) is 3.97. The first-order valence-corrected chi connectivity index (χ1v) is 8.56. The third kappa shape index (κ3) is 3.09. The molecule has 1 aliphatic heterocycles. The maximum Gasteiger partial charge on any atom is 0.143 e. The highest BCUT2D eigenvalue weighted by Crippen LogP contribution is 2.35. The molecular weight excluding hydrogens is 278 g/mol. The van der Waals surface area contributed by atoms with Crippen molar-refractivity contribution in [3.63, 3.8) is 0 Å². The van der Waals surface area contributed by atoms with Crippen molar-refractivity contribution < 1.29 is 4.79 Å². The Kier molecular flexibility index (Phi) is 4.51. The van der Waals surface area contributed by atoms with Gasteiger partial charge in [0, 0.05) is 6.42 Å². The number of aryl methyl sites for hydroxylation is 1. The van der Waals surface area contributed by atoms with Crippen molar-refractivity contribution in [3.8, 4) is 0 Å². The maximum absolute atomic E-state index is 13.0. The zero-order valence-electron chi connectivity index (χ0n) is 12.2. The number of hydrogen-bond donors (Lipinski definition) is 1. The van der Waals surface area contributed by atoms with Crippen molar-refractivity contribution in [3.05, 3.63) is 58.3 Å². The predicted molar refractivity (Wildman–Crippen MR) is 87.9 cm³/mol. The molecule has 1 N–H and O–H groups in total. The molecule has 1 aromatic carbocycles. The number of benzene rings is 1. The summed E-state index contributed by atoms with van der Waals surface area (Å²) in [5.41, 5.74) is 2.20. The minimum atomic E-state index is -0.275. The molecule has 2 heterocycles. The van der Waals surface area contributed by atoms with Gasteiger partial charge in [0.2, 0.25) is 0 Å². The summed E-state index contributed by atoms with van der Waals surface area (Å²) >= 11 is 1.70. The summed E-state index contributed by atoms with van der Waals surface area (Å²) in [6.45, 7) is 1.86. The molecule has 21 heavy (non-hydrogen) atoms. The molecule has 0 bridgehead atoms. The second-order valence-electron chi connectivity index (χ2n) is 5.75. The number of Topliss-reactive ketones (excluding diaryl/α,β-unsaturated/α-hetero) is 1. The molecule has 3 heteroatoms. The lowest BCUT2D eigenvalue weighted by Crippen LogP contribution is -2.45. The second kappa shape index (κ2) is 6.54. The lowest BCUT2D eigenvalue weighted by atomic mass is 9.69. The van der Waals surface area contributed by atoms with Crippen LogP contribution in [0.1, 0.15) is 30.4 Å². The maximum atomic E-state index is 13.0. The quantitative estimate of drug-likeness (QED) is 0.914. The molecule has 0 spiro atoms. The topological polar surface area (TPSA) is 29.1 Å². The van der Waals surface area contributed by atoms with Gasteiger partial charge in [0.1, 0.15) is 5.78 Å². The zero-order chi connectivity index (χ0) is 14.5. The Balaban J connectivity index is 1.80. The first-order valence-electron chi connectivity index (χ1n) is 7.62. The zero-order valence-corrected chi connectivity index (χ0v) is 13.0. The molecule has 0 unspecified atom stereocenters. The Morgan fingerprint density at radius 3 is 2.57 bits per heavy atom. The Bertz CT molecular complexity index is 571. The molecule has 2 aromatic rings. The van der Waals surface area contributed by atoms with Crippen LogP contribution >= 0.6 is 11.3 Å². The molecule has 3 rings (SSSR count). The van der Waals surface area contributed by atoms with E-state index in [1.807, 2.05) is 18.2 Å². The summed E-state index contributed by atoms with van der Waals surface area (Å²) in [5.74, 6) is 0.404. The second-order valence-corrected chi connectivity index (χ2v) is 6.53. The number of carbonyl (C=O) groups excluding carboxylic acids is 1. The van der Waals surface area contributed by atoms with Gasteiger partial charge in [-0.1, -0.05) is 30.3 Å². The number of rotatable bonds is 5. The van der Waals surface area contributed by atoms with Crippen molar-refractivity contribution in [2.75, 3.05) is 13.1 Å². The van der Waals surface area contributed by atoms with E-state index in [4.69, 9.17) is 0 Å². The molecule has 1 saturated heterocycles. The van der Waals surface area contributed by atoms with Crippen LogP contribution in [0.25, 0.3) is 0 Å². The smallest absolute Gasteiger partial charge is 0.143 e. The van der Waals surface area contributed by atoms with Crippen molar-refractivity contribution in [2.45, 2.75) is 31.1 Å². The number of thiophene rings is 1. The van der Waals surface area contributed by atoms with Gasteiger partial charge in [-0.15, -0.1) is 0 Å². The molecule has 110 valence electrons. The minimum absolute atomic E-state index is 0.275. The van der Waals surface area contributed by atoms with Gasteiger partial charge in [-0.25, -0.2) is 0 Å². The fourth-order valence-electron chi connectivity index (χ4n) is 3.27. The van der Waals surface area contributed by atoms with Crippen molar-refractivity contribution >= 4 is 17.1 Å². The first-order chi connectivity index (χ1) is 10.3. The molecule has 0 aliphatic carbocycles. The Labute approximate surface area is 130 Å². The lowest BCUT2D eigenvalue weighted by Gasteiger charge is -2.37. The predicted octanol–water partition coefficient (Wildman–Crippen LogP) is 3.57. The van der Waals surface area contributed by atoms with E-state index in [1.54, 1.807) is 11.3 Å². The van der Waals surface area contributed by atoms with E-state index in [-0.39, 0.29) is 5.41 Å². The van der Waals surface area contributed by atoms with E-state index in [0.717, 1.165) is 32.4 Å². The summed E-state index contributed by atoms with van der Waals surface area (Å²) in [4.78, 5) is 13.0. The molecule has 0 radical (unpaired) electrons. The van der Waals surface area contributed by atoms with Crippen LogP contribution in [0.2, 0.25) is 0 Å². The van der Waals surface area contributed by atoms with E-state index in [1.165, 1.54) is 11.1 Å². The van der Waals surface area contributed by atoms with E-state index >= 15 is 0 Å². The van der Waals surface area contributed by atoms with Gasteiger partial charge in [0.15, 0.2) is 0 Å². The molecular formula is C18H21NOS. The number of hydrogen-bond acceptors (Lipinski definition) is 3. The molecule has 1 aliphatic rings. The summed E-state index contributed by atoms with van der Waals surface area (Å²) in [7, 11) is 0. The van der Waals surface area contributed by atoms with E-state index in [0.29, 0.717) is 12.2 Å². The number of ketones is 1. The largest absolute Gasteiger partial charge is 0.317 e. The molecule has 1 aromatic heterocycles. The monoisotopic (exact) mass is 299 g/mol. The van der Waals surface area contributed by atoms with E-state index in [2.05, 4.69) is 34.3 Å². The SMILES string of the molecule is O=C(CCc1ccsc1)C1(c2ccccc2)CCNCC1. The van der Waals surface area contributed by atoms with Crippen LogP contribution in [-0.4, -0.2) is 18.9 Å². The Hall–Kier alpha value is -1.45. The Morgan fingerprint density at radius 2 is 1.90 bits per heavy atom. The van der Waals surface area contributed by atoms with Gasteiger partial charge < -0.3 is 5.32 Å². The van der Waals surface area contributed by atoms with Gasteiger partial charge in [0.05, 0.1) is 5.41 Å². The minimum Gasteiger partial charge on any atom is -0.317 e.